The lowest BCUT2D eigenvalue weighted by molar-refractivity contribution is -0.145. The van der Waals surface area contributed by atoms with Gasteiger partial charge in [-0.15, -0.1) is 0 Å². The smallest absolute Gasteiger partial charge is 0.310 e. The van der Waals surface area contributed by atoms with Crippen LogP contribution in [0.1, 0.15) is 24.2 Å². The second kappa shape index (κ2) is 3.77. The molecule has 1 aliphatic carbocycles. The second-order valence-electron chi connectivity index (χ2n) is 3.57. The molecular weight excluding hydrogens is 207 g/mol. The molecule has 1 aromatic rings. The van der Waals surface area contributed by atoms with E-state index in [1.54, 1.807) is 0 Å². The topological polar surface area (TPSA) is 37.8 Å². The number of nitrogens with zero attached hydrogens (tertiary/aromatic N) is 2. The van der Waals surface area contributed by atoms with Crippen LogP contribution in [0.3, 0.4) is 0 Å². The van der Waals surface area contributed by atoms with E-state index < -0.39 is 12.0 Å². The molecule has 1 saturated carbocycles. The lowest BCUT2D eigenvalue weighted by atomic mass is 10.3. The minimum Gasteiger partial charge on any atom is -0.310 e. The molecule has 1 aromatic heterocycles. The van der Waals surface area contributed by atoms with Crippen molar-refractivity contribution in [1.29, 1.82) is 0 Å². The molecule has 1 fully saturated rings. The summed E-state index contributed by atoms with van der Waals surface area (Å²) in [7, 11) is 0. The molecular formula is C9H10F3N3. The number of hydrogen-bond donors (Lipinski definition) is 1. The van der Waals surface area contributed by atoms with Crippen LogP contribution in [0.5, 0.6) is 0 Å². The molecule has 0 saturated heterocycles. The highest BCUT2D eigenvalue weighted by Crippen LogP contribution is 2.25. The quantitative estimate of drug-likeness (QED) is 0.838. The maximum Gasteiger partial charge on any atom is 0.451 e. The summed E-state index contributed by atoms with van der Waals surface area (Å²) in [6.45, 7) is 0.531. The monoisotopic (exact) mass is 217 g/mol. The van der Waals surface area contributed by atoms with E-state index >= 15 is 0 Å². The van der Waals surface area contributed by atoms with Gasteiger partial charge in [0.2, 0.25) is 5.82 Å². The van der Waals surface area contributed by atoms with Gasteiger partial charge in [-0.05, 0) is 12.8 Å². The summed E-state index contributed by atoms with van der Waals surface area (Å²) in [6.07, 6.45) is 0.252. The molecule has 2 rings (SSSR count). The third-order valence-electron chi connectivity index (χ3n) is 2.13. The number of aromatic nitrogens is 2. The van der Waals surface area contributed by atoms with Crippen LogP contribution in [0, 0.1) is 0 Å². The van der Waals surface area contributed by atoms with Crippen molar-refractivity contribution in [2.24, 2.45) is 0 Å². The Kier molecular flexibility index (Phi) is 2.60. The Hall–Kier alpha value is -1.17. The van der Waals surface area contributed by atoms with Gasteiger partial charge < -0.3 is 5.32 Å². The Morgan fingerprint density at radius 2 is 1.87 bits per heavy atom. The molecule has 0 aliphatic heterocycles. The van der Waals surface area contributed by atoms with Crippen molar-refractivity contribution >= 4 is 0 Å². The van der Waals surface area contributed by atoms with Crippen molar-refractivity contribution in [2.75, 3.05) is 0 Å². The first-order valence-electron chi connectivity index (χ1n) is 4.67. The van der Waals surface area contributed by atoms with Gasteiger partial charge in [0.1, 0.15) is 0 Å². The SMILES string of the molecule is FC(F)(F)c1ncc(CNC2CC2)cn1. The lowest BCUT2D eigenvalue weighted by Gasteiger charge is -2.05. The molecule has 0 spiro atoms. The van der Waals surface area contributed by atoms with E-state index in [1.165, 1.54) is 12.4 Å². The summed E-state index contributed by atoms with van der Waals surface area (Å²) in [6, 6.07) is 0.521. The second-order valence-corrected chi connectivity index (χ2v) is 3.57. The van der Waals surface area contributed by atoms with Crippen molar-refractivity contribution in [3.05, 3.63) is 23.8 Å². The van der Waals surface area contributed by atoms with Crippen LogP contribution in [0.2, 0.25) is 0 Å². The fourth-order valence-electron chi connectivity index (χ4n) is 1.14. The molecule has 0 aromatic carbocycles. The summed E-state index contributed by atoms with van der Waals surface area (Å²) in [5.41, 5.74) is 0.676. The Morgan fingerprint density at radius 3 is 2.33 bits per heavy atom. The first kappa shape index (κ1) is 10.4. The standard InChI is InChI=1S/C9H10F3N3/c10-9(11,12)8-14-4-6(5-15-8)3-13-7-1-2-7/h4-5,7,13H,1-3H2. The highest BCUT2D eigenvalue weighted by atomic mass is 19.4. The number of rotatable bonds is 3. The predicted molar refractivity (Wildman–Crippen MR) is 46.9 cm³/mol. The van der Waals surface area contributed by atoms with Crippen LogP contribution in [-0.4, -0.2) is 16.0 Å². The predicted octanol–water partition coefficient (Wildman–Crippen LogP) is 1.75. The minimum atomic E-state index is -4.46. The molecule has 0 atom stereocenters. The largest absolute Gasteiger partial charge is 0.451 e. The van der Waals surface area contributed by atoms with Crippen molar-refractivity contribution in [1.82, 2.24) is 15.3 Å². The number of nitrogens with one attached hydrogen (secondary N) is 1. The maximum absolute atomic E-state index is 12.1. The van der Waals surface area contributed by atoms with Gasteiger partial charge in [-0.25, -0.2) is 9.97 Å². The van der Waals surface area contributed by atoms with E-state index in [4.69, 9.17) is 0 Å². The van der Waals surface area contributed by atoms with Crippen LogP contribution in [0.15, 0.2) is 12.4 Å². The fourth-order valence-corrected chi connectivity index (χ4v) is 1.14. The Labute approximate surface area is 84.7 Å². The summed E-state index contributed by atoms with van der Waals surface area (Å²) in [5, 5.41) is 3.17. The zero-order valence-corrected chi connectivity index (χ0v) is 7.88. The third-order valence-corrected chi connectivity index (χ3v) is 2.13. The van der Waals surface area contributed by atoms with Gasteiger partial charge in [0.05, 0.1) is 0 Å². The van der Waals surface area contributed by atoms with E-state index in [0.29, 0.717) is 18.2 Å². The van der Waals surface area contributed by atoms with Gasteiger partial charge >= 0.3 is 6.18 Å². The average molecular weight is 217 g/mol. The first-order valence-corrected chi connectivity index (χ1v) is 4.67. The summed E-state index contributed by atoms with van der Waals surface area (Å²) >= 11 is 0. The number of halogens is 3. The average Bonchev–Trinajstić information content (AvgIpc) is 2.97. The Morgan fingerprint density at radius 1 is 1.27 bits per heavy atom. The zero-order chi connectivity index (χ0) is 10.9. The van der Waals surface area contributed by atoms with Crippen LogP contribution < -0.4 is 5.32 Å². The molecule has 0 unspecified atom stereocenters. The fraction of sp³-hybridized carbons (Fsp3) is 0.556. The van der Waals surface area contributed by atoms with Gasteiger partial charge in [0.15, 0.2) is 0 Å². The molecule has 0 bridgehead atoms. The first-order chi connectivity index (χ1) is 7.05. The number of alkyl halides is 3. The van der Waals surface area contributed by atoms with Gasteiger partial charge in [0, 0.05) is 30.5 Å². The van der Waals surface area contributed by atoms with Crippen LogP contribution in [0.25, 0.3) is 0 Å². The van der Waals surface area contributed by atoms with Gasteiger partial charge in [-0.2, -0.15) is 13.2 Å². The summed E-state index contributed by atoms with van der Waals surface area (Å²) < 4.78 is 36.3. The molecule has 82 valence electrons. The van der Waals surface area contributed by atoms with Gasteiger partial charge in [-0.1, -0.05) is 0 Å². The molecule has 1 heterocycles. The van der Waals surface area contributed by atoms with Gasteiger partial charge in [-0.3, -0.25) is 0 Å². The van der Waals surface area contributed by atoms with E-state index in [0.717, 1.165) is 12.8 Å². The molecule has 3 nitrogen and oxygen atoms in total. The normalized spacial score (nSPS) is 16.7. The van der Waals surface area contributed by atoms with Crippen LogP contribution >= 0.6 is 0 Å². The Bertz CT molecular complexity index is 329. The van der Waals surface area contributed by atoms with E-state index in [-0.39, 0.29) is 0 Å². The van der Waals surface area contributed by atoms with Crippen molar-refractivity contribution in [3.63, 3.8) is 0 Å². The Balaban J connectivity index is 1.96. The lowest BCUT2D eigenvalue weighted by Crippen LogP contribution is -2.17. The molecule has 6 heteroatoms. The van der Waals surface area contributed by atoms with Crippen molar-refractivity contribution in [3.8, 4) is 0 Å². The molecule has 1 aliphatic rings. The summed E-state index contributed by atoms with van der Waals surface area (Å²) in [4.78, 5) is 6.54. The maximum atomic E-state index is 12.1. The van der Waals surface area contributed by atoms with Crippen molar-refractivity contribution < 1.29 is 13.2 Å². The van der Waals surface area contributed by atoms with Crippen LogP contribution in [-0.2, 0) is 12.7 Å². The van der Waals surface area contributed by atoms with E-state index in [1.807, 2.05) is 0 Å². The third kappa shape index (κ3) is 2.89. The number of hydrogen-bond acceptors (Lipinski definition) is 3. The van der Waals surface area contributed by atoms with Gasteiger partial charge in [0.25, 0.3) is 0 Å². The summed E-state index contributed by atoms with van der Waals surface area (Å²) in [5.74, 6) is -1.09. The molecule has 0 amide bonds. The highest BCUT2D eigenvalue weighted by molar-refractivity contribution is 5.06. The molecule has 1 N–H and O–H groups in total. The molecule has 0 radical (unpaired) electrons. The van der Waals surface area contributed by atoms with E-state index in [2.05, 4.69) is 15.3 Å². The zero-order valence-electron chi connectivity index (χ0n) is 7.88. The highest BCUT2D eigenvalue weighted by Gasteiger charge is 2.34. The van der Waals surface area contributed by atoms with E-state index in [9.17, 15) is 13.2 Å². The molecule has 15 heavy (non-hydrogen) atoms. The van der Waals surface area contributed by atoms with Crippen molar-refractivity contribution in [2.45, 2.75) is 31.6 Å². The van der Waals surface area contributed by atoms with Crippen LogP contribution in [0.4, 0.5) is 13.2 Å². The minimum absolute atomic E-state index is 0.521.